The maximum Gasteiger partial charge on any atom is 0.272 e. The summed E-state index contributed by atoms with van der Waals surface area (Å²) in [7, 11) is 0. The van der Waals surface area contributed by atoms with Gasteiger partial charge in [0.05, 0.1) is 18.3 Å². The predicted molar refractivity (Wildman–Crippen MR) is 184 cm³/mol. The molecule has 49 heavy (non-hydrogen) atoms. The van der Waals surface area contributed by atoms with Crippen LogP contribution in [0, 0.1) is 40.9 Å². The van der Waals surface area contributed by atoms with E-state index in [0.717, 1.165) is 64.2 Å². The summed E-state index contributed by atoms with van der Waals surface area (Å²) >= 11 is 0. The fourth-order valence-electron chi connectivity index (χ4n) is 8.75. The van der Waals surface area contributed by atoms with Crippen molar-refractivity contribution in [1.29, 1.82) is 0 Å². The highest BCUT2D eigenvalue weighted by atomic mass is 16.2. The van der Waals surface area contributed by atoms with E-state index in [1.54, 1.807) is 4.90 Å². The number of rotatable bonds is 16. The highest BCUT2D eigenvalue weighted by Crippen LogP contribution is 2.45. The van der Waals surface area contributed by atoms with Crippen molar-refractivity contribution in [3.05, 3.63) is 24.3 Å². The van der Waals surface area contributed by atoms with Crippen LogP contribution in [0.1, 0.15) is 134 Å². The highest BCUT2D eigenvalue weighted by Gasteiger charge is 2.52. The number of nitrogens with zero attached hydrogens (tertiary/aromatic N) is 3. The van der Waals surface area contributed by atoms with Gasteiger partial charge in [0.15, 0.2) is 17.3 Å². The number of hydrogen-bond acceptors (Lipinski definition) is 8. The van der Waals surface area contributed by atoms with Gasteiger partial charge in [-0.1, -0.05) is 59.8 Å². The minimum absolute atomic E-state index is 0.0218. The molecule has 1 aromatic heterocycles. The summed E-state index contributed by atoms with van der Waals surface area (Å²) in [5.41, 5.74) is -0.460. The van der Waals surface area contributed by atoms with Crippen molar-refractivity contribution in [2.45, 2.75) is 136 Å². The molecule has 0 spiro atoms. The van der Waals surface area contributed by atoms with Crippen molar-refractivity contribution in [2.75, 3.05) is 6.54 Å². The van der Waals surface area contributed by atoms with Crippen molar-refractivity contribution in [3.8, 4) is 0 Å². The van der Waals surface area contributed by atoms with Crippen molar-refractivity contribution in [1.82, 2.24) is 20.2 Å². The van der Waals surface area contributed by atoms with E-state index in [2.05, 4.69) is 15.3 Å². The second kappa shape index (κ2) is 16.2. The minimum atomic E-state index is -0.753. The molecule has 5 rings (SSSR count). The topological polar surface area (TPSA) is 143 Å². The molecule has 4 aliphatic rings. The molecule has 0 aromatic carbocycles. The lowest BCUT2D eigenvalue weighted by Crippen LogP contribution is -2.51. The van der Waals surface area contributed by atoms with Gasteiger partial charge in [-0.3, -0.25) is 33.8 Å². The van der Waals surface area contributed by atoms with E-state index >= 15 is 0 Å². The zero-order valence-corrected chi connectivity index (χ0v) is 30.0. The van der Waals surface area contributed by atoms with Crippen LogP contribution in [0.3, 0.4) is 0 Å². The van der Waals surface area contributed by atoms with Crippen LogP contribution in [0.5, 0.6) is 0 Å². The molecule has 0 unspecified atom stereocenters. The number of nitrogens with one attached hydrogen (secondary N) is 1. The van der Waals surface area contributed by atoms with E-state index in [9.17, 15) is 28.8 Å². The summed E-state index contributed by atoms with van der Waals surface area (Å²) in [5.74, 6) is -2.65. The van der Waals surface area contributed by atoms with E-state index in [0.29, 0.717) is 25.3 Å². The molecular weight excluding hydrogens is 620 g/mol. The van der Waals surface area contributed by atoms with Gasteiger partial charge in [-0.05, 0) is 74.0 Å². The zero-order valence-electron chi connectivity index (χ0n) is 30.0. The summed E-state index contributed by atoms with van der Waals surface area (Å²) in [6.07, 6.45) is 15.1. The van der Waals surface area contributed by atoms with Crippen molar-refractivity contribution in [3.63, 3.8) is 0 Å². The number of carbonyl (C=O) groups is 6. The first kappa shape index (κ1) is 37.0. The number of likely N-dealkylation sites (tertiary alicyclic amines) is 1. The Bertz CT molecular complexity index is 1380. The number of carbonyl (C=O) groups excluding carboxylic acids is 6. The van der Waals surface area contributed by atoms with Crippen LogP contribution in [0.4, 0.5) is 0 Å². The Morgan fingerprint density at radius 1 is 0.918 bits per heavy atom. The van der Waals surface area contributed by atoms with Crippen molar-refractivity contribution >= 4 is 34.9 Å². The molecule has 10 nitrogen and oxygen atoms in total. The molecular formula is C39H56N4O6. The number of amides is 2. The minimum Gasteiger partial charge on any atom is -0.341 e. The zero-order chi connectivity index (χ0) is 35.3. The maximum atomic E-state index is 14.7. The summed E-state index contributed by atoms with van der Waals surface area (Å²) in [6.45, 7) is 8.27. The van der Waals surface area contributed by atoms with Gasteiger partial charge in [0.2, 0.25) is 11.7 Å². The largest absolute Gasteiger partial charge is 0.341 e. The molecule has 4 fully saturated rings. The van der Waals surface area contributed by atoms with Gasteiger partial charge >= 0.3 is 0 Å². The standard InChI is InChI=1S/C39H56N4O6/c1-5-10-26(36(47)33(46)19-24-15-16-24)20-32(45)35-28-14-9-13-27(28)23-43(35)38(49)29(39(2,3)4)21-31(44)34(25-11-7-6-8-12-25)42-37(48)30-22-40-17-18-41-30/h17-18,22,24-29,34-35H,5-16,19-21,23H2,1-4H3,(H,42,48)/t26-,27+,28+,29+,34+,35+/m1/s1. The van der Waals surface area contributed by atoms with Gasteiger partial charge < -0.3 is 10.2 Å². The number of hydrogen-bond donors (Lipinski definition) is 1. The van der Waals surface area contributed by atoms with Gasteiger partial charge in [0.25, 0.3) is 5.91 Å². The quantitative estimate of drug-likeness (QED) is 0.219. The molecule has 1 aliphatic heterocycles. The Labute approximate surface area is 291 Å². The van der Waals surface area contributed by atoms with Crippen LogP contribution in [0.15, 0.2) is 18.6 Å². The van der Waals surface area contributed by atoms with Crippen molar-refractivity contribution < 1.29 is 28.8 Å². The Morgan fingerprint density at radius 2 is 1.65 bits per heavy atom. The van der Waals surface area contributed by atoms with Crippen molar-refractivity contribution in [2.24, 2.45) is 40.9 Å². The SMILES string of the molecule is CCC[C@H](CC(=O)[C@@H]1[C@H]2CCC[C@H]2CN1C(=O)[C@H](CC(=O)[C@@H](NC(=O)c1cnccn1)C1CCCCC1)C(C)(C)C)C(=O)C(=O)CC1CC1. The summed E-state index contributed by atoms with van der Waals surface area (Å²) in [5, 5.41) is 2.97. The van der Waals surface area contributed by atoms with Gasteiger partial charge in [-0.2, -0.15) is 0 Å². The maximum absolute atomic E-state index is 14.7. The number of fused-ring (bicyclic) bond motifs is 1. The second-order valence-electron chi connectivity index (χ2n) is 16.4. The molecule has 3 saturated carbocycles. The lowest BCUT2D eigenvalue weighted by Gasteiger charge is -2.37. The highest BCUT2D eigenvalue weighted by molar-refractivity contribution is 6.38. The first-order valence-electron chi connectivity index (χ1n) is 18.9. The average Bonchev–Trinajstić information content (AvgIpc) is 3.65. The Hall–Kier alpha value is -3.30. The molecule has 10 heteroatoms. The normalized spacial score (nSPS) is 24.5. The van der Waals surface area contributed by atoms with Gasteiger partial charge in [0.1, 0.15) is 5.69 Å². The Kier molecular flexibility index (Phi) is 12.2. The molecule has 1 aromatic rings. The Balaban J connectivity index is 1.36. The fraction of sp³-hybridized carbons (Fsp3) is 0.744. The molecule has 0 bridgehead atoms. The molecule has 1 N–H and O–H groups in total. The lowest BCUT2D eigenvalue weighted by atomic mass is 9.74. The van der Waals surface area contributed by atoms with Crippen LogP contribution in [-0.4, -0.2) is 68.4 Å². The summed E-state index contributed by atoms with van der Waals surface area (Å²) in [4.78, 5) is 92.3. The number of aromatic nitrogens is 2. The molecule has 6 atom stereocenters. The molecule has 1 saturated heterocycles. The molecule has 3 aliphatic carbocycles. The molecule has 2 heterocycles. The van der Waals surface area contributed by atoms with Gasteiger partial charge in [-0.25, -0.2) is 4.98 Å². The van der Waals surface area contributed by atoms with Crippen LogP contribution in [-0.2, 0) is 24.0 Å². The number of ketones is 4. The summed E-state index contributed by atoms with van der Waals surface area (Å²) < 4.78 is 0. The average molecular weight is 677 g/mol. The Morgan fingerprint density at radius 3 is 2.29 bits per heavy atom. The van der Waals surface area contributed by atoms with Crippen LogP contribution in [0.2, 0.25) is 0 Å². The molecule has 0 radical (unpaired) electrons. The molecule has 268 valence electrons. The smallest absolute Gasteiger partial charge is 0.272 e. The van der Waals surface area contributed by atoms with E-state index in [4.69, 9.17) is 0 Å². The monoisotopic (exact) mass is 676 g/mol. The van der Waals surface area contributed by atoms with Crippen LogP contribution < -0.4 is 5.32 Å². The van der Waals surface area contributed by atoms with E-state index < -0.39 is 41.0 Å². The van der Waals surface area contributed by atoms with Gasteiger partial charge in [-0.15, -0.1) is 0 Å². The van der Waals surface area contributed by atoms with E-state index in [1.165, 1.54) is 18.6 Å². The molecule has 2 amide bonds. The predicted octanol–water partition coefficient (Wildman–Crippen LogP) is 5.72. The van der Waals surface area contributed by atoms with Gasteiger partial charge in [0, 0.05) is 50.0 Å². The lowest BCUT2D eigenvalue weighted by molar-refractivity contribution is -0.147. The van der Waals surface area contributed by atoms with E-state index in [-0.39, 0.29) is 66.0 Å². The first-order chi connectivity index (χ1) is 23.4. The third-order valence-electron chi connectivity index (χ3n) is 11.7. The van der Waals surface area contributed by atoms with Crippen LogP contribution >= 0.6 is 0 Å². The third-order valence-corrected chi connectivity index (χ3v) is 11.7. The third kappa shape index (κ3) is 9.09. The van der Waals surface area contributed by atoms with E-state index in [1.807, 2.05) is 27.7 Å². The summed E-state index contributed by atoms with van der Waals surface area (Å²) in [6, 6.07) is -1.41. The second-order valence-corrected chi connectivity index (χ2v) is 16.4. The fourth-order valence-corrected chi connectivity index (χ4v) is 8.75. The number of Topliss-reactive ketones (excluding diaryl/α,β-unsaturated/α-hetero) is 4. The van der Waals surface area contributed by atoms with Crippen LogP contribution in [0.25, 0.3) is 0 Å². The first-order valence-corrected chi connectivity index (χ1v) is 18.9.